The van der Waals surface area contributed by atoms with Crippen molar-refractivity contribution in [3.63, 3.8) is 0 Å². The zero-order chi connectivity index (χ0) is 16.5. The first-order valence-corrected chi connectivity index (χ1v) is 9.37. The summed E-state index contributed by atoms with van der Waals surface area (Å²) in [4.78, 5) is 10.6. The largest absolute Gasteiger partial charge is 0.481 e. The second-order valence-electron chi connectivity index (χ2n) is 6.73. The second-order valence-corrected chi connectivity index (χ2v) is 6.73. The molecule has 0 aromatic carbocycles. The maximum atomic E-state index is 10.6. The van der Waals surface area contributed by atoms with E-state index in [2.05, 4.69) is 0 Å². The lowest BCUT2D eigenvalue weighted by atomic mass is 9.99. The lowest BCUT2D eigenvalue weighted by Gasteiger charge is -2.08. The molecule has 0 spiro atoms. The zero-order valence-corrected chi connectivity index (χ0v) is 14.9. The molecule has 3 nitrogen and oxygen atoms in total. The normalized spacial score (nSPS) is 12.5. The van der Waals surface area contributed by atoms with Crippen LogP contribution in [0.2, 0.25) is 0 Å². The molecule has 22 heavy (non-hydrogen) atoms. The van der Waals surface area contributed by atoms with Crippen molar-refractivity contribution in [3.8, 4) is 0 Å². The van der Waals surface area contributed by atoms with Crippen LogP contribution in [-0.4, -0.2) is 24.8 Å². The van der Waals surface area contributed by atoms with E-state index in [1.165, 1.54) is 77.0 Å². The fourth-order valence-corrected chi connectivity index (χ4v) is 2.91. The molecule has 0 aliphatic heterocycles. The quantitative estimate of drug-likeness (QED) is 0.344. The molecule has 0 aliphatic rings. The van der Waals surface area contributed by atoms with E-state index in [1.807, 2.05) is 6.92 Å². The van der Waals surface area contributed by atoms with Gasteiger partial charge in [0.25, 0.3) is 0 Å². The van der Waals surface area contributed by atoms with Gasteiger partial charge in [-0.3, -0.25) is 4.79 Å². The third kappa shape index (κ3) is 17.5. The van der Waals surface area contributed by atoms with Gasteiger partial charge in [0.1, 0.15) is 0 Å². The van der Waals surface area contributed by atoms with Crippen molar-refractivity contribution >= 4 is 5.97 Å². The summed E-state index contributed by atoms with van der Waals surface area (Å²) in [5.74, 6) is -0.326. The minimum atomic E-state index is -0.661. The van der Waals surface area contributed by atoms with Gasteiger partial charge >= 0.3 is 5.97 Å². The van der Waals surface area contributed by atoms with Crippen LogP contribution in [-0.2, 0) is 9.53 Å². The summed E-state index contributed by atoms with van der Waals surface area (Å²) in [5.41, 5.74) is 0. The van der Waals surface area contributed by atoms with Crippen LogP contribution in [0.4, 0.5) is 0 Å². The van der Waals surface area contributed by atoms with E-state index >= 15 is 0 Å². The van der Waals surface area contributed by atoms with E-state index in [-0.39, 0.29) is 0 Å². The molecule has 0 saturated heterocycles. The van der Waals surface area contributed by atoms with Crippen LogP contribution in [0.15, 0.2) is 0 Å². The summed E-state index contributed by atoms with van der Waals surface area (Å²) in [5, 5.41) is 8.69. The fraction of sp³-hybridized carbons (Fsp3) is 0.947. The maximum Gasteiger partial charge on any atom is 0.303 e. The van der Waals surface area contributed by atoms with E-state index < -0.39 is 5.97 Å². The summed E-state index contributed by atoms with van der Waals surface area (Å²) in [6.07, 6.45) is 17.3. The van der Waals surface area contributed by atoms with Gasteiger partial charge in [0.2, 0.25) is 0 Å². The molecule has 0 saturated carbocycles. The molecule has 0 aliphatic carbocycles. The topological polar surface area (TPSA) is 46.5 Å². The van der Waals surface area contributed by atoms with E-state index in [1.54, 1.807) is 7.11 Å². The molecule has 132 valence electrons. The molecular formula is C19H38O3. The number of unbranched alkanes of at least 4 members (excludes halogenated alkanes) is 11. The number of aliphatic carboxylic acids is 1. The number of carboxylic acid groups (broad SMARTS) is 1. The van der Waals surface area contributed by atoms with E-state index in [0.717, 1.165) is 13.0 Å². The van der Waals surface area contributed by atoms with Crippen molar-refractivity contribution in [1.29, 1.82) is 0 Å². The van der Waals surface area contributed by atoms with Gasteiger partial charge in [0.15, 0.2) is 0 Å². The van der Waals surface area contributed by atoms with Crippen molar-refractivity contribution in [3.05, 3.63) is 0 Å². The van der Waals surface area contributed by atoms with Crippen LogP contribution >= 0.6 is 0 Å². The Hall–Kier alpha value is -0.570. The number of carboxylic acids is 1. The first kappa shape index (κ1) is 21.4. The highest BCUT2D eigenvalue weighted by molar-refractivity contribution is 5.66. The predicted molar refractivity (Wildman–Crippen MR) is 93.3 cm³/mol. The minimum Gasteiger partial charge on any atom is -0.481 e. The smallest absolute Gasteiger partial charge is 0.303 e. The van der Waals surface area contributed by atoms with Crippen molar-refractivity contribution in [2.45, 2.75) is 96.8 Å². The Bertz CT molecular complexity index is 241. The molecule has 0 fully saturated rings. The number of ether oxygens (including phenoxy) is 1. The van der Waals surface area contributed by atoms with Crippen LogP contribution in [0, 0.1) is 5.92 Å². The lowest BCUT2D eigenvalue weighted by Crippen LogP contribution is -2.03. The summed E-state index contributed by atoms with van der Waals surface area (Å²) in [7, 11) is 1.77. The number of carbonyl (C=O) groups is 1. The standard InChI is InChI=1S/C19H38O3/c1-18(17-19(20)21)15-13-11-9-7-5-3-4-6-8-10-12-14-16-22-2/h18H,3-17H2,1-2H3,(H,20,21)/t18-/m1/s1. The number of rotatable bonds is 17. The van der Waals surface area contributed by atoms with E-state index in [9.17, 15) is 4.79 Å². The zero-order valence-electron chi connectivity index (χ0n) is 14.9. The Kier molecular flexibility index (Phi) is 16.4. The first-order chi connectivity index (χ1) is 10.7. The molecule has 0 aromatic rings. The fourth-order valence-electron chi connectivity index (χ4n) is 2.91. The Labute approximate surface area is 137 Å². The minimum absolute atomic E-state index is 0.325. The summed E-state index contributed by atoms with van der Waals surface area (Å²) >= 11 is 0. The van der Waals surface area contributed by atoms with Crippen molar-refractivity contribution in [2.24, 2.45) is 5.92 Å². The number of hydrogen-bond donors (Lipinski definition) is 1. The SMILES string of the molecule is COCCCCCCCCCCCCCC[C@@H](C)CC(=O)O. The average Bonchev–Trinajstić information content (AvgIpc) is 2.47. The number of hydrogen-bond acceptors (Lipinski definition) is 2. The summed E-state index contributed by atoms with van der Waals surface area (Å²) < 4.78 is 5.05. The van der Waals surface area contributed by atoms with Crippen molar-refractivity contribution in [2.75, 3.05) is 13.7 Å². The highest BCUT2D eigenvalue weighted by Gasteiger charge is 2.06. The van der Waals surface area contributed by atoms with Crippen molar-refractivity contribution < 1.29 is 14.6 Å². The Balaban J connectivity index is 3.07. The van der Waals surface area contributed by atoms with Gasteiger partial charge in [0.05, 0.1) is 0 Å². The molecule has 0 aromatic heterocycles. The third-order valence-electron chi connectivity index (χ3n) is 4.32. The summed E-state index contributed by atoms with van der Waals surface area (Å²) in [6.45, 7) is 2.96. The van der Waals surface area contributed by atoms with Crippen LogP contribution < -0.4 is 0 Å². The van der Waals surface area contributed by atoms with Gasteiger partial charge in [-0.05, 0) is 12.3 Å². The Morgan fingerprint density at radius 3 is 1.64 bits per heavy atom. The highest BCUT2D eigenvalue weighted by Crippen LogP contribution is 2.15. The van der Waals surface area contributed by atoms with Gasteiger partial charge < -0.3 is 9.84 Å². The molecule has 1 N–H and O–H groups in total. The molecule has 0 bridgehead atoms. The molecular weight excluding hydrogens is 276 g/mol. The van der Waals surface area contributed by atoms with Gasteiger partial charge in [0, 0.05) is 20.1 Å². The molecule has 0 rings (SSSR count). The van der Waals surface area contributed by atoms with Gasteiger partial charge in [-0.15, -0.1) is 0 Å². The van der Waals surface area contributed by atoms with E-state index in [4.69, 9.17) is 9.84 Å². The maximum absolute atomic E-state index is 10.6. The number of methoxy groups -OCH3 is 1. The molecule has 3 heteroatoms. The monoisotopic (exact) mass is 314 g/mol. The lowest BCUT2D eigenvalue weighted by molar-refractivity contribution is -0.138. The summed E-state index contributed by atoms with van der Waals surface area (Å²) in [6, 6.07) is 0. The van der Waals surface area contributed by atoms with Crippen LogP contribution in [0.3, 0.4) is 0 Å². The Morgan fingerprint density at radius 2 is 1.23 bits per heavy atom. The van der Waals surface area contributed by atoms with Crippen LogP contribution in [0.1, 0.15) is 96.8 Å². The molecule has 0 radical (unpaired) electrons. The van der Waals surface area contributed by atoms with Crippen LogP contribution in [0.5, 0.6) is 0 Å². The third-order valence-corrected chi connectivity index (χ3v) is 4.32. The highest BCUT2D eigenvalue weighted by atomic mass is 16.5. The first-order valence-electron chi connectivity index (χ1n) is 9.37. The van der Waals surface area contributed by atoms with Gasteiger partial charge in [-0.1, -0.05) is 84.0 Å². The van der Waals surface area contributed by atoms with Gasteiger partial charge in [-0.2, -0.15) is 0 Å². The van der Waals surface area contributed by atoms with E-state index in [0.29, 0.717) is 12.3 Å². The molecule has 0 amide bonds. The Morgan fingerprint density at radius 1 is 0.818 bits per heavy atom. The molecule has 0 unspecified atom stereocenters. The van der Waals surface area contributed by atoms with Gasteiger partial charge in [-0.25, -0.2) is 0 Å². The molecule has 1 atom stereocenters. The molecule has 0 heterocycles. The average molecular weight is 315 g/mol. The van der Waals surface area contributed by atoms with Crippen LogP contribution in [0.25, 0.3) is 0 Å². The van der Waals surface area contributed by atoms with Crippen molar-refractivity contribution in [1.82, 2.24) is 0 Å². The predicted octanol–water partition coefficient (Wildman–Crippen LogP) is 5.81. The second kappa shape index (κ2) is 16.8.